The van der Waals surface area contributed by atoms with Crippen LogP contribution in [0.25, 0.3) is 23.1 Å². The topological polar surface area (TPSA) is 59.4 Å². The molecule has 0 aliphatic rings. The lowest BCUT2D eigenvalue weighted by Gasteiger charge is -2.07. The molecule has 0 fully saturated rings. The molecule has 4 heteroatoms. The molecule has 4 rings (SSSR count). The van der Waals surface area contributed by atoms with Gasteiger partial charge >= 0.3 is 5.97 Å². The number of rotatable bonds is 6. The van der Waals surface area contributed by atoms with E-state index in [4.69, 9.17) is 4.74 Å². The lowest BCUT2D eigenvalue weighted by atomic mass is 10.1. The molecule has 142 valence electrons. The standard InChI is InChI=1S/C25H19NO3/c27-25(28)23-16-20(26-24-12-5-4-11-22(23)24)14-13-18-9-6-10-21(15-18)29-17-19-7-2-1-3-8-19/h1-16H,17H2,(H,27,28). The van der Waals surface area contributed by atoms with Gasteiger partial charge in [0.25, 0.3) is 0 Å². The molecule has 0 aliphatic carbocycles. The van der Waals surface area contributed by atoms with Crippen LogP contribution in [0.3, 0.4) is 0 Å². The van der Waals surface area contributed by atoms with Crippen LogP contribution in [0.4, 0.5) is 0 Å². The van der Waals surface area contributed by atoms with Gasteiger partial charge in [0.1, 0.15) is 12.4 Å². The van der Waals surface area contributed by atoms with E-state index < -0.39 is 5.97 Å². The molecule has 0 spiro atoms. The summed E-state index contributed by atoms with van der Waals surface area (Å²) >= 11 is 0. The highest BCUT2D eigenvalue weighted by Crippen LogP contribution is 2.21. The Morgan fingerprint density at radius 3 is 2.52 bits per heavy atom. The molecule has 0 saturated heterocycles. The highest BCUT2D eigenvalue weighted by Gasteiger charge is 2.10. The van der Waals surface area contributed by atoms with Crippen LogP contribution in [0, 0.1) is 0 Å². The average molecular weight is 381 g/mol. The number of aromatic nitrogens is 1. The molecule has 1 heterocycles. The minimum atomic E-state index is -0.963. The Bertz CT molecular complexity index is 1180. The molecule has 0 aliphatic heterocycles. The predicted molar refractivity (Wildman–Crippen MR) is 115 cm³/mol. The summed E-state index contributed by atoms with van der Waals surface area (Å²) in [5.74, 6) is -0.191. The van der Waals surface area contributed by atoms with E-state index >= 15 is 0 Å². The normalized spacial score (nSPS) is 11.0. The van der Waals surface area contributed by atoms with Gasteiger partial charge in [-0.25, -0.2) is 9.78 Å². The van der Waals surface area contributed by atoms with Crippen molar-refractivity contribution in [3.05, 3.63) is 107 Å². The molecule has 29 heavy (non-hydrogen) atoms. The van der Waals surface area contributed by atoms with Crippen molar-refractivity contribution < 1.29 is 14.6 Å². The predicted octanol–water partition coefficient (Wildman–Crippen LogP) is 5.68. The third kappa shape index (κ3) is 4.50. The highest BCUT2D eigenvalue weighted by atomic mass is 16.5. The van der Waals surface area contributed by atoms with Crippen molar-refractivity contribution in [2.24, 2.45) is 0 Å². The molecule has 1 N–H and O–H groups in total. The SMILES string of the molecule is O=C(O)c1cc(C=Cc2cccc(OCc3ccccc3)c2)nc2ccccc12. The van der Waals surface area contributed by atoms with E-state index in [2.05, 4.69) is 4.98 Å². The zero-order chi connectivity index (χ0) is 20.1. The maximum Gasteiger partial charge on any atom is 0.336 e. The largest absolute Gasteiger partial charge is 0.489 e. The minimum Gasteiger partial charge on any atom is -0.489 e. The van der Waals surface area contributed by atoms with E-state index in [1.807, 2.05) is 84.9 Å². The number of benzene rings is 3. The van der Waals surface area contributed by atoms with E-state index in [0.717, 1.165) is 16.9 Å². The first-order valence-corrected chi connectivity index (χ1v) is 9.27. The van der Waals surface area contributed by atoms with Crippen molar-refractivity contribution in [2.75, 3.05) is 0 Å². The highest BCUT2D eigenvalue weighted by molar-refractivity contribution is 6.03. The van der Waals surface area contributed by atoms with E-state index in [1.54, 1.807) is 12.1 Å². The second-order valence-electron chi connectivity index (χ2n) is 6.60. The summed E-state index contributed by atoms with van der Waals surface area (Å²) in [7, 11) is 0. The number of carboxylic acids is 1. The van der Waals surface area contributed by atoms with Crippen LogP contribution < -0.4 is 4.74 Å². The van der Waals surface area contributed by atoms with Crippen molar-refractivity contribution in [1.82, 2.24) is 4.98 Å². The van der Waals surface area contributed by atoms with Gasteiger partial charge in [-0.2, -0.15) is 0 Å². The van der Waals surface area contributed by atoms with Gasteiger partial charge in [0.2, 0.25) is 0 Å². The molecule has 4 aromatic rings. The van der Waals surface area contributed by atoms with Crippen molar-refractivity contribution >= 4 is 29.0 Å². The molecule has 1 aromatic heterocycles. The number of carbonyl (C=O) groups is 1. The molecule has 0 radical (unpaired) electrons. The van der Waals surface area contributed by atoms with Crippen molar-refractivity contribution in [1.29, 1.82) is 0 Å². The number of aromatic carboxylic acids is 1. The maximum absolute atomic E-state index is 11.6. The fourth-order valence-corrected chi connectivity index (χ4v) is 3.09. The first kappa shape index (κ1) is 18.4. The summed E-state index contributed by atoms with van der Waals surface area (Å²) in [6.45, 7) is 0.502. The average Bonchev–Trinajstić information content (AvgIpc) is 2.76. The first-order valence-electron chi connectivity index (χ1n) is 9.27. The minimum absolute atomic E-state index is 0.246. The lowest BCUT2D eigenvalue weighted by Crippen LogP contribution is -2.00. The molecule has 4 nitrogen and oxygen atoms in total. The number of hydrogen-bond acceptors (Lipinski definition) is 3. The number of pyridine rings is 1. The Kier molecular flexibility index (Phi) is 5.34. The Morgan fingerprint density at radius 1 is 0.897 bits per heavy atom. The Labute approximate surface area is 168 Å². The summed E-state index contributed by atoms with van der Waals surface area (Å²) in [5.41, 5.74) is 3.55. The van der Waals surface area contributed by atoms with Crippen molar-refractivity contribution in [3.63, 3.8) is 0 Å². The zero-order valence-electron chi connectivity index (χ0n) is 15.7. The van der Waals surface area contributed by atoms with Crippen molar-refractivity contribution in [3.8, 4) is 5.75 Å². The number of para-hydroxylation sites is 1. The Morgan fingerprint density at radius 2 is 1.69 bits per heavy atom. The molecule has 3 aromatic carbocycles. The van der Waals surface area contributed by atoms with Crippen molar-refractivity contribution in [2.45, 2.75) is 6.61 Å². The quantitative estimate of drug-likeness (QED) is 0.467. The van der Waals surface area contributed by atoms with Gasteiger partial charge in [0, 0.05) is 5.39 Å². The number of carboxylic acid groups (broad SMARTS) is 1. The number of nitrogens with zero attached hydrogens (tertiary/aromatic N) is 1. The molecule has 0 bridgehead atoms. The molecular weight excluding hydrogens is 362 g/mol. The summed E-state index contributed by atoms with van der Waals surface area (Å²) < 4.78 is 5.87. The van der Waals surface area contributed by atoms with E-state index in [1.165, 1.54) is 0 Å². The Hall–Kier alpha value is -3.92. The molecule has 0 unspecified atom stereocenters. The zero-order valence-corrected chi connectivity index (χ0v) is 15.7. The van der Waals surface area contributed by atoms with E-state index in [9.17, 15) is 9.90 Å². The third-order valence-electron chi connectivity index (χ3n) is 4.52. The first-order chi connectivity index (χ1) is 14.2. The van der Waals surface area contributed by atoms with Crippen LogP contribution in [0.15, 0.2) is 84.9 Å². The molecule has 0 amide bonds. The van der Waals surface area contributed by atoms with Gasteiger partial charge in [0.15, 0.2) is 0 Å². The van der Waals surface area contributed by atoms with Gasteiger partial charge < -0.3 is 9.84 Å². The van der Waals surface area contributed by atoms with Gasteiger partial charge in [0.05, 0.1) is 16.8 Å². The molecular formula is C25H19NO3. The van der Waals surface area contributed by atoms with Gasteiger partial charge in [-0.1, -0.05) is 66.7 Å². The number of fused-ring (bicyclic) bond motifs is 1. The third-order valence-corrected chi connectivity index (χ3v) is 4.52. The van der Waals surface area contributed by atoms with Crippen LogP contribution in [0.1, 0.15) is 27.2 Å². The summed E-state index contributed by atoms with van der Waals surface area (Å²) in [6.07, 6.45) is 3.72. The molecule has 0 saturated carbocycles. The number of ether oxygens (including phenoxy) is 1. The fourth-order valence-electron chi connectivity index (χ4n) is 3.09. The second-order valence-corrected chi connectivity index (χ2v) is 6.60. The van der Waals surface area contributed by atoms with Crippen LogP contribution in [-0.4, -0.2) is 16.1 Å². The van der Waals surface area contributed by atoms with Crippen LogP contribution in [0.5, 0.6) is 5.75 Å². The summed E-state index contributed by atoms with van der Waals surface area (Å²) in [6, 6.07) is 26.6. The smallest absolute Gasteiger partial charge is 0.336 e. The van der Waals surface area contributed by atoms with Gasteiger partial charge in [-0.15, -0.1) is 0 Å². The maximum atomic E-state index is 11.6. The van der Waals surface area contributed by atoms with Crippen LogP contribution in [0.2, 0.25) is 0 Å². The van der Waals surface area contributed by atoms with Crippen LogP contribution in [-0.2, 0) is 6.61 Å². The van der Waals surface area contributed by atoms with Gasteiger partial charge in [-0.3, -0.25) is 0 Å². The fraction of sp³-hybridized carbons (Fsp3) is 0.0400. The van der Waals surface area contributed by atoms with E-state index in [0.29, 0.717) is 23.2 Å². The Balaban J connectivity index is 1.55. The summed E-state index contributed by atoms with van der Waals surface area (Å²) in [5, 5.41) is 10.1. The lowest BCUT2D eigenvalue weighted by molar-refractivity contribution is 0.0699. The van der Waals surface area contributed by atoms with E-state index in [-0.39, 0.29) is 5.56 Å². The monoisotopic (exact) mass is 381 g/mol. The van der Waals surface area contributed by atoms with Gasteiger partial charge in [-0.05, 0) is 41.5 Å². The number of hydrogen-bond donors (Lipinski definition) is 1. The molecule has 0 atom stereocenters. The second kappa shape index (κ2) is 8.40. The van der Waals surface area contributed by atoms with Crippen LogP contribution >= 0.6 is 0 Å². The summed E-state index contributed by atoms with van der Waals surface area (Å²) in [4.78, 5) is 16.2.